The summed E-state index contributed by atoms with van der Waals surface area (Å²) in [5, 5.41) is 6.45. The van der Waals surface area contributed by atoms with Gasteiger partial charge in [0.05, 0.1) is 0 Å². The summed E-state index contributed by atoms with van der Waals surface area (Å²) in [6, 6.07) is 5.97. The summed E-state index contributed by atoms with van der Waals surface area (Å²) in [4.78, 5) is 30.4. The molecule has 0 radical (unpaired) electrons. The Labute approximate surface area is 165 Å². The monoisotopic (exact) mass is 388 g/mol. The average Bonchev–Trinajstić information content (AvgIpc) is 2.96. The molecule has 3 aliphatic heterocycles. The molecule has 3 heterocycles. The second kappa shape index (κ2) is 7.79. The molecule has 0 aliphatic carbocycles. The molecule has 3 aliphatic rings. The van der Waals surface area contributed by atoms with Gasteiger partial charge < -0.3 is 15.5 Å². The largest absolute Gasteiger partial charge is 0.325 e. The number of halogens is 1. The third-order valence-electron chi connectivity index (χ3n) is 6.63. The van der Waals surface area contributed by atoms with Gasteiger partial charge in [-0.1, -0.05) is 12.1 Å². The number of piperidine rings is 2. The molecule has 3 amide bonds. The van der Waals surface area contributed by atoms with Crippen LogP contribution in [0.15, 0.2) is 24.3 Å². The molecular formula is C21H29FN4O2. The van der Waals surface area contributed by atoms with Crippen LogP contribution in [0.5, 0.6) is 0 Å². The van der Waals surface area contributed by atoms with Gasteiger partial charge in [-0.2, -0.15) is 0 Å². The number of nitrogens with one attached hydrogen (secondary N) is 2. The van der Waals surface area contributed by atoms with Gasteiger partial charge in [0.25, 0.3) is 5.91 Å². The van der Waals surface area contributed by atoms with Crippen LogP contribution in [0, 0.1) is 11.7 Å². The minimum absolute atomic E-state index is 0.0412. The highest BCUT2D eigenvalue weighted by Crippen LogP contribution is 2.37. The molecule has 1 aromatic carbocycles. The van der Waals surface area contributed by atoms with E-state index in [1.54, 1.807) is 12.1 Å². The predicted molar refractivity (Wildman–Crippen MR) is 104 cm³/mol. The summed E-state index contributed by atoms with van der Waals surface area (Å²) in [5.41, 5.74) is -0.0563. The number of carbonyl (C=O) groups is 2. The van der Waals surface area contributed by atoms with Gasteiger partial charge in [0.2, 0.25) is 0 Å². The lowest BCUT2D eigenvalue weighted by atomic mass is 9.74. The number of hydrogen-bond donors (Lipinski definition) is 2. The molecule has 28 heavy (non-hydrogen) atoms. The van der Waals surface area contributed by atoms with Crippen LogP contribution in [-0.4, -0.2) is 66.5 Å². The summed E-state index contributed by atoms with van der Waals surface area (Å²) in [6.07, 6.45) is 3.72. The van der Waals surface area contributed by atoms with E-state index in [0.717, 1.165) is 57.4 Å². The zero-order valence-electron chi connectivity index (χ0n) is 16.4. The molecule has 0 aromatic heterocycles. The Bertz CT molecular complexity index is 726. The van der Waals surface area contributed by atoms with Crippen molar-refractivity contribution < 1.29 is 14.0 Å². The van der Waals surface area contributed by atoms with Crippen LogP contribution in [0.1, 0.15) is 31.2 Å². The van der Waals surface area contributed by atoms with E-state index in [9.17, 15) is 14.0 Å². The number of benzene rings is 1. The number of hydrogen-bond acceptors (Lipinski definition) is 4. The molecular weight excluding hydrogens is 359 g/mol. The normalized spacial score (nSPS) is 28.0. The summed E-state index contributed by atoms with van der Waals surface area (Å²) in [5.74, 6) is -0.316. The fourth-order valence-corrected chi connectivity index (χ4v) is 4.98. The molecule has 3 saturated heterocycles. The second-order valence-corrected chi connectivity index (χ2v) is 8.44. The van der Waals surface area contributed by atoms with Crippen molar-refractivity contribution in [3.05, 3.63) is 35.6 Å². The molecule has 0 saturated carbocycles. The lowest BCUT2D eigenvalue weighted by Gasteiger charge is -2.39. The number of likely N-dealkylation sites (tertiary alicyclic amines) is 1. The summed E-state index contributed by atoms with van der Waals surface area (Å²) in [7, 11) is 2.07. The molecule has 6 nitrogen and oxygen atoms in total. The first-order chi connectivity index (χ1) is 13.5. The maximum absolute atomic E-state index is 13.7. The Morgan fingerprint density at radius 3 is 2.36 bits per heavy atom. The predicted octanol–water partition coefficient (Wildman–Crippen LogP) is 1.75. The second-order valence-electron chi connectivity index (χ2n) is 8.44. The van der Waals surface area contributed by atoms with Crippen LogP contribution >= 0.6 is 0 Å². The SMILES string of the molecule is CN1CCC(N2C(=O)NC(Cc3ccc(F)cc3)(C3CCNCC3)C2=O)CC1. The third-order valence-corrected chi connectivity index (χ3v) is 6.63. The first kappa shape index (κ1) is 19.3. The first-order valence-electron chi connectivity index (χ1n) is 10.3. The van der Waals surface area contributed by atoms with Crippen molar-refractivity contribution in [1.29, 1.82) is 0 Å². The fraction of sp³-hybridized carbons (Fsp3) is 0.619. The lowest BCUT2D eigenvalue weighted by molar-refractivity contribution is -0.135. The number of amides is 3. The maximum Gasteiger partial charge on any atom is 0.325 e. The van der Waals surface area contributed by atoms with Crippen LogP contribution in [0.25, 0.3) is 0 Å². The number of imide groups is 1. The van der Waals surface area contributed by atoms with Crippen molar-refractivity contribution in [1.82, 2.24) is 20.4 Å². The van der Waals surface area contributed by atoms with Crippen molar-refractivity contribution in [2.24, 2.45) is 5.92 Å². The van der Waals surface area contributed by atoms with Crippen molar-refractivity contribution in [2.45, 2.75) is 43.7 Å². The van der Waals surface area contributed by atoms with Gasteiger partial charge in [0, 0.05) is 12.5 Å². The Balaban J connectivity index is 1.64. The van der Waals surface area contributed by atoms with Crippen LogP contribution in [0.3, 0.4) is 0 Å². The minimum Gasteiger partial charge on any atom is -0.322 e. The van der Waals surface area contributed by atoms with Crippen LogP contribution in [0.4, 0.5) is 9.18 Å². The Morgan fingerprint density at radius 2 is 1.71 bits per heavy atom. The molecule has 152 valence electrons. The molecule has 0 bridgehead atoms. The summed E-state index contributed by atoms with van der Waals surface area (Å²) < 4.78 is 13.4. The molecule has 0 spiro atoms. The van der Waals surface area contributed by atoms with E-state index in [4.69, 9.17) is 0 Å². The number of urea groups is 1. The number of nitrogens with zero attached hydrogens (tertiary/aromatic N) is 2. The molecule has 1 unspecified atom stereocenters. The van der Waals surface area contributed by atoms with Crippen LogP contribution in [0.2, 0.25) is 0 Å². The standard InChI is InChI=1S/C21H29FN4O2/c1-25-12-8-18(9-13-25)26-19(27)21(24-20(26)28,16-6-10-23-11-7-16)14-15-2-4-17(22)5-3-15/h2-5,16,18,23H,6-14H2,1H3,(H,24,28). The van der Waals surface area contributed by atoms with Crippen molar-refractivity contribution >= 4 is 11.9 Å². The van der Waals surface area contributed by atoms with Gasteiger partial charge >= 0.3 is 6.03 Å². The van der Waals surface area contributed by atoms with E-state index in [0.29, 0.717) is 6.42 Å². The van der Waals surface area contributed by atoms with Crippen molar-refractivity contribution in [3.63, 3.8) is 0 Å². The van der Waals surface area contributed by atoms with Gasteiger partial charge in [-0.15, -0.1) is 0 Å². The summed E-state index contributed by atoms with van der Waals surface area (Å²) >= 11 is 0. The Hall–Kier alpha value is -1.99. The van der Waals surface area contributed by atoms with Crippen molar-refractivity contribution in [3.8, 4) is 0 Å². The topological polar surface area (TPSA) is 64.7 Å². The van der Waals surface area contributed by atoms with E-state index in [1.165, 1.54) is 17.0 Å². The molecule has 7 heteroatoms. The highest BCUT2D eigenvalue weighted by Gasteiger charge is 2.57. The maximum atomic E-state index is 13.7. The van der Waals surface area contributed by atoms with E-state index in [1.807, 2.05) is 0 Å². The highest BCUT2D eigenvalue weighted by atomic mass is 19.1. The van der Waals surface area contributed by atoms with Crippen molar-refractivity contribution in [2.75, 3.05) is 33.2 Å². The minimum atomic E-state index is -0.930. The summed E-state index contributed by atoms with van der Waals surface area (Å²) in [6.45, 7) is 3.46. The van der Waals surface area contributed by atoms with E-state index >= 15 is 0 Å². The number of rotatable bonds is 4. The number of carbonyl (C=O) groups excluding carboxylic acids is 2. The first-order valence-corrected chi connectivity index (χ1v) is 10.3. The van der Waals surface area contributed by atoms with E-state index in [-0.39, 0.29) is 29.7 Å². The molecule has 2 N–H and O–H groups in total. The average molecular weight is 388 g/mol. The fourth-order valence-electron chi connectivity index (χ4n) is 4.98. The van der Waals surface area contributed by atoms with Gasteiger partial charge in [-0.3, -0.25) is 9.69 Å². The molecule has 1 aromatic rings. The third kappa shape index (κ3) is 3.53. The van der Waals surface area contributed by atoms with Gasteiger partial charge in [0.1, 0.15) is 11.4 Å². The van der Waals surface area contributed by atoms with Gasteiger partial charge in [0.15, 0.2) is 0 Å². The Kier molecular flexibility index (Phi) is 5.38. The van der Waals surface area contributed by atoms with Gasteiger partial charge in [-0.25, -0.2) is 9.18 Å². The van der Waals surface area contributed by atoms with Crippen LogP contribution < -0.4 is 10.6 Å². The zero-order chi connectivity index (χ0) is 19.7. The Morgan fingerprint density at radius 1 is 1.07 bits per heavy atom. The quantitative estimate of drug-likeness (QED) is 0.772. The van der Waals surface area contributed by atoms with E-state index in [2.05, 4.69) is 22.6 Å². The zero-order valence-corrected chi connectivity index (χ0v) is 16.4. The highest BCUT2D eigenvalue weighted by molar-refractivity contribution is 6.07. The lowest BCUT2D eigenvalue weighted by Crippen LogP contribution is -2.58. The van der Waals surface area contributed by atoms with Crippen LogP contribution in [-0.2, 0) is 11.2 Å². The molecule has 4 rings (SSSR count). The molecule has 3 fully saturated rings. The molecule has 1 atom stereocenters. The van der Waals surface area contributed by atoms with Gasteiger partial charge in [-0.05, 0) is 82.5 Å². The van der Waals surface area contributed by atoms with E-state index < -0.39 is 5.54 Å². The smallest absolute Gasteiger partial charge is 0.322 e.